The molecule has 2 aliphatic carbocycles. The van der Waals surface area contributed by atoms with Crippen LogP contribution >= 0.6 is 0 Å². The maximum atomic E-state index is 12.7. The van der Waals surface area contributed by atoms with Gasteiger partial charge in [0.05, 0.1) is 31.3 Å². The topological polar surface area (TPSA) is 353 Å². The number of nitrogens with zero attached hydrogens (tertiary/aromatic N) is 1. The SMILES string of the molecule is NCCN(O)C(=O)N[C@@H]1C[C@H](N)C(O[C@H]2O[C@H](CN)[C@@H](O)[C@H](O)[C@H]2NCC2CC(N)C2)[C@H](O)[C@H]1O[C@H]1O[C@H](CO)[C@@H](O)[C@H](N)[C@H]1O. The summed E-state index contributed by atoms with van der Waals surface area (Å²) < 4.78 is 23.6. The van der Waals surface area contributed by atoms with E-state index in [1.807, 2.05) is 0 Å². The molecule has 2 saturated heterocycles. The number of amides is 2. The highest BCUT2D eigenvalue weighted by molar-refractivity contribution is 5.73. The van der Waals surface area contributed by atoms with Gasteiger partial charge in [-0.3, -0.25) is 5.21 Å². The molecule has 2 amide bonds. The molecule has 2 aliphatic heterocycles. The maximum Gasteiger partial charge on any atom is 0.341 e. The molecular weight excluding hydrogens is 616 g/mol. The minimum Gasteiger partial charge on any atom is -0.394 e. The molecule has 0 aromatic heterocycles. The van der Waals surface area contributed by atoms with Crippen molar-refractivity contribution in [3.05, 3.63) is 0 Å². The van der Waals surface area contributed by atoms with Gasteiger partial charge in [-0.05, 0) is 31.7 Å². The van der Waals surface area contributed by atoms with E-state index in [-0.39, 0.29) is 38.0 Å². The minimum absolute atomic E-state index is 0.0497. The van der Waals surface area contributed by atoms with E-state index in [0.29, 0.717) is 11.6 Å². The highest BCUT2D eigenvalue weighted by atomic mass is 16.7. The van der Waals surface area contributed by atoms with Gasteiger partial charge in [-0.15, -0.1) is 0 Å². The average molecular weight is 669 g/mol. The van der Waals surface area contributed by atoms with Gasteiger partial charge in [-0.2, -0.15) is 0 Å². The number of hydroxylamine groups is 2. The molecule has 4 fully saturated rings. The smallest absolute Gasteiger partial charge is 0.341 e. The lowest BCUT2D eigenvalue weighted by atomic mass is 9.80. The fourth-order valence-corrected chi connectivity index (χ4v) is 6.45. The van der Waals surface area contributed by atoms with Crippen molar-refractivity contribution in [1.82, 2.24) is 15.7 Å². The molecule has 1 unspecified atom stereocenters. The number of nitrogens with two attached hydrogens (primary N) is 5. The van der Waals surface area contributed by atoms with Gasteiger partial charge < -0.3 is 88.9 Å². The lowest BCUT2D eigenvalue weighted by molar-refractivity contribution is -0.321. The summed E-state index contributed by atoms with van der Waals surface area (Å²) in [4.78, 5) is 12.7. The Morgan fingerprint density at radius 3 is 2.11 bits per heavy atom. The molecule has 15 atom stereocenters. The lowest BCUT2D eigenvalue weighted by Crippen LogP contribution is -2.70. The van der Waals surface area contributed by atoms with Crippen molar-refractivity contribution in [2.45, 2.75) is 117 Å². The van der Waals surface area contributed by atoms with Crippen molar-refractivity contribution in [3.63, 3.8) is 0 Å². The van der Waals surface area contributed by atoms with Crippen LogP contribution in [-0.2, 0) is 18.9 Å². The van der Waals surface area contributed by atoms with Crippen LogP contribution in [0.3, 0.4) is 0 Å². The summed E-state index contributed by atoms with van der Waals surface area (Å²) >= 11 is 0. The third kappa shape index (κ3) is 8.23. The first-order chi connectivity index (χ1) is 21.8. The summed E-state index contributed by atoms with van der Waals surface area (Å²) in [6.45, 7) is -0.646. The van der Waals surface area contributed by atoms with Crippen LogP contribution < -0.4 is 39.3 Å². The van der Waals surface area contributed by atoms with E-state index < -0.39 is 104 Å². The Bertz CT molecular complexity index is 972. The molecule has 4 rings (SSSR count). The van der Waals surface area contributed by atoms with Crippen LogP contribution in [0.15, 0.2) is 0 Å². The number of nitrogens with one attached hydrogen (secondary N) is 2. The van der Waals surface area contributed by atoms with Gasteiger partial charge in [0.2, 0.25) is 0 Å². The number of carbonyl (C=O) groups excluding carboxylic acids is 1. The molecule has 0 aromatic rings. The first-order valence-corrected chi connectivity index (χ1v) is 15.6. The van der Waals surface area contributed by atoms with Gasteiger partial charge in [0, 0.05) is 25.2 Å². The third-order valence-electron chi connectivity index (χ3n) is 9.27. The summed E-state index contributed by atoms with van der Waals surface area (Å²) in [6, 6.07) is -5.27. The van der Waals surface area contributed by atoms with Gasteiger partial charge >= 0.3 is 6.03 Å². The van der Waals surface area contributed by atoms with E-state index in [4.69, 9.17) is 47.6 Å². The summed E-state index contributed by atoms with van der Waals surface area (Å²) in [5.74, 6) is 0.233. The van der Waals surface area contributed by atoms with Crippen LogP contribution in [0.5, 0.6) is 0 Å². The van der Waals surface area contributed by atoms with Gasteiger partial charge in [-0.1, -0.05) is 0 Å². The van der Waals surface area contributed by atoms with E-state index in [2.05, 4.69) is 10.6 Å². The van der Waals surface area contributed by atoms with Crippen LogP contribution in [0.2, 0.25) is 0 Å². The number of hydrogen-bond acceptors (Lipinski definition) is 18. The molecule has 268 valence electrons. The third-order valence-corrected chi connectivity index (χ3v) is 9.27. The van der Waals surface area contributed by atoms with E-state index >= 15 is 0 Å². The molecular formula is C26H52N8O12. The predicted molar refractivity (Wildman–Crippen MR) is 156 cm³/mol. The van der Waals surface area contributed by atoms with Crippen molar-refractivity contribution in [2.75, 3.05) is 32.8 Å². The Balaban J connectivity index is 1.56. The number of hydrogen-bond donors (Lipinski definition) is 14. The number of aliphatic hydroxyl groups is 6. The zero-order valence-electron chi connectivity index (χ0n) is 25.5. The molecule has 20 heteroatoms. The molecule has 20 nitrogen and oxygen atoms in total. The monoisotopic (exact) mass is 668 g/mol. The van der Waals surface area contributed by atoms with Gasteiger partial charge in [0.15, 0.2) is 12.6 Å². The van der Waals surface area contributed by atoms with Crippen LogP contribution in [-0.4, -0.2) is 177 Å². The first kappa shape index (κ1) is 37.4. The standard InChI is InChI=1S/C26H52N8O12/c27-1-2-34(42)26(41)33-12-5-11(30)22(21(40)23(12)46-25-19(38)15(31)17(36)14(8-35)44-25)45-24-16(32-7-9-3-10(29)4-9)20(39)18(37)13(6-28)43-24/h9-25,32,35-40,42H,1-8,27-31H2,(H,33,41)/t9?,10?,11-,12+,13+,14+,15-,16+,17+,18+,19+,20+,21-,22?,23-,24+,25+/m0/s1. The van der Waals surface area contributed by atoms with Crippen LogP contribution in [0, 0.1) is 5.92 Å². The normalized spacial score (nSPS) is 46.4. The summed E-state index contributed by atoms with van der Waals surface area (Å²) in [6.07, 6.45) is -13.8. The summed E-state index contributed by atoms with van der Waals surface area (Å²) in [5.41, 5.74) is 29.5. The van der Waals surface area contributed by atoms with Gasteiger partial charge in [-0.25, -0.2) is 9.86 Å². The predicted octanol–water partition coefficient (Wildman–Crippen LogP) is -7.56. The van der Waals surface area contributed by atoms with Crippen molar-refractivity contribution >= 4 is 6.03 Å². The molecule has 0 radical (unpaired) electrons. The second kappa shape index (κ2) is 16.3. The average Bonchev–Trinajstić information content (AvgIpc) is 3.01. The summed E-state index contributed by atoms with van der Waals surface area (Å²) in [5, 5.41) is 80.0. The highest BCUT2D eigenvalue weighted by Crippen LogP contribution is 2.33. The Morgan fingerprint density at radius 2 is 1.50 bits per heavy atom. The fourth-order valence-electron chi connectivity index (χ4n) is 6.45. The number of ether oxygens (including phenoxy) is 4. The van der Waals surface area contributed by atoms with E-state index in [0.717, 1.165) is 12.8 Å². The Labute approximate surface area is 266 Å². The molecule has 46 heavy (non-hydrogen) atoms. The Hall–Kier alpha value is -1.41. The number of aliphatic hydroxyl groups excluding tert-OH is 6. The quantitative estimate of drug-likeness (QED) is 0.0678. The second-order valence-corrected chi connectivity index (χ2v) is 12.6. The Kier molecular flexibility index (Phi) is 13.3. The van der Waals surface area contributed by atoms with Crippen LogP contribution in [0.25, 0.3) is 0 Å². The van der Waals surface area contributed by atoms with E-state index in [1.54, 1.807) is 0 Å². The van der Waals surface area contributed by atoms with E-state index in [1.165, 1.54) is 0 Å². The van der Waals surface area contributed by atoms with Crippen molar-refractivity contribution in [1.29, 1.82) is 0 Å². The van der Waals surface area contributed by atoms with Crippen LogP contribution in [0.1, 0.15) is 19.3 Å². The molecule has 19 N–H and O–H groups in total. The molecule has 2 heterocycles. The number of carbonyl (C=O) groups is 1. The van der Waals surface area contributed by atoms with Crippen molar-refractivity contribution < 1.29 is 59.6 Å². The number of rotatable bonds is 12. The molecule has 0 bridgehead atoms. The fraction of sp³-hybridized carbons (Fsp3) is 0.962. The van der Waals surface area contributed by atoms with Crippen molar-refractivity contribution in [3.8, 4) is 0 Å². The zero-order valence-corrected chi connectivity index (χ0v) is 25.5. The molecule has 0 aromatic carbocycles. The number of urea groups is 1. The first-order valence-electron chi connectivity index (χ1n) is 15.6. The van der Waals surface area contributed by atoms with E-state index in [9.17, 15) is 40.6 Å². The van der Waals surface area contributed by atoms with Gasteiger partial charge in [0.25, 0.3) is 0 Å². The molecule has 4 aliphatic rings. The Morgan fingerprint density at radius 1 is 0.848 bits per heavy atom. The largest absolute Gasteiger partial charge is 0.394 e. The van der Waals surface area contributed by atoms with Gasteiger partial charge in [0.1, 0.15) is 54.9 Å². The van der Waals surface area contributed by atoms with Crippen LogP contribution in [0.4, 0.5) is 4.79 Å². The minimum atomic E-state index is -1.67. The summed E-state index contributed by atoms with van der Waals surface area (Å²) in [7, 11) is 0. The lowest BCUT2D eigenvalue weighted by Gasteiger charge is -2.49. The second-order valence-electron chi connectivity index (χ2n) is 12.6. The van der Waals surface area contributed by atoms with Crippen molar-refractivity contribution in [2.24, 2.45) is 34.6 Å². The molecule has 2 saturated carbocycles. The zero-order chi connectivity index (χ0) is 33.9. The molecule has 0 spiro atoms. The highest BCUT2D eigenvalue weighted by Gasteiger charge is 2.53. The maximum absolute atomic E-state index is 12.7.